The summed E-state index contributed by atoms with van der Waals surface area (Å²) in [5.74, 6) is -1.03. The third kappa shape index (κ3) is 5.03. The predicted molar refractivity (Wildman–Crippen MR) is 127 cm³/mol. The first-order valence-electron chi connectivity index (χ1n) is 10.2. The first-order valence-corrected chi connectivity index (χ1v) is 15.6. The summed E-state index contributed by atoms with van der Waals surface area (Å²) < 4.78 is 35.1. The number of halogens is 3. The smallest absolute Gasteiger partial charge is 0.415 e. The summed E-state index contributed by atoms with van der Waals surface area (Å²) in [7, 11) is -1.37. The first kappa shape index (κ1) is 25.1. The number of ether oxygens (including phenoxy) is 1. The molecule has 1 saturated carbocycles. The van der Waals surface area contributed by atoms with Crippen LogP contribution in [0.4, 0.5) is 13.6 Å². The molecule has 0 spiro atoms. The Balaban J connectivity index is 1.99. The summed E-state index contributed by atoms with van der Waals surface area (Å²) in [5.41, 5.74) is -1.54. The van der Waals surface area contributed by atoms with E-state index in [-0.39, 0.29) is 23.9 Å². The molecule has 1 heterocycles. The number of benzene rings is 1. The van der Waals surface area contributed by atoms with Crippen LogP contribution in [0.15, 0.2) is 27.7 Å². The van der Waals surface area contributed by atoms with Gasteiger partial charge < -0.3 is 9.84 Å². The van der Waals surface area contributed by atoms with Crippen LogP contribution >= 0.6 is 27.7 Å². The number of alkyl halides is 1. The van der Waals surface area contributed by atoms with Crippen LogP contribution in [0.2, 0.25) is 25.7 Å². The molecule has 3 rings (SSSR count). The highest BCUT2D eigenvalue weighted by atomic mass is 79.9. The fourth-order valence-electron chi connectivity index (χ4n) is 3.94. The average Bonchev–Trinajstić information content (AvgIpc) is 3.42. The Bertz CT molecular complexity index is 971. The standard InChI is InChI=1S/C21H26BrF2N3O3SSi/c1-32(2,3)9-8-30-13-27(19(28)29)18-26-21(12-23,15-10-14(22)4-5-16(15)24)17-11-20(17,31-18)6-7-25/h4-5,10,17H,6,8-9,11-13H2,1-3H3,(H,28,29)/t17-,20+,21-/m1/s1. The normalized spacial score (nSPS) is 26.7. The minimum atomic E-state index is -1.60. The number of nitriles is 1. The third-order valence-electron chi connectivity index (χ3n) is 5.85. The lowest BCUT2D eigenvalue weighted by Crippen LogP contribution is -2.45. The van der Waals surface area contributed by atoms with E-state index in [1.54, 1.807) is 0 Å². The van der Waals surface area contributed by atoms with E-state index in [4.69, 9.17) is 4.74 Å². The second kappa shape index (κ2) is 9.41. The molecule has 1 aromatic carbocycles. The maximum Gasteiger partial charge on any atom is 0.415 e. The maximum absolute atomic E-state index is 14.9. The Kier molecular flexibility index (Phi) is 7.39. The van der Waals surface area contributed by atoms with Crippen LogP contribution in [0.1, 0.15) is 18.4 Å². The van der Waals surface area contributed by atoms with E-state index in [0.29, 0.717) is 17.5 Å². The number of fused-ring (bicyclic) bond motifs is 1. The van der Waals surface area contributed by atoms with Crippen LogP contribution in [0, 0.1) is 23.1 Å². The third-order valence-corrected chi connectivity index (χ3v) is 9.54. The topological polar surface area (TPSA) is 85.9 Å². The zero-order chi connectivity index (χ0) is 23.7. The Labute approximate surface area is 200 Å². The van der Waals surface area contributed by atoms with E-state index in [1.807, 2.05) is 0 Å². The van der Waals surface area contributed by atoms with Crippen LogP contribution in [0.3, 0.4) is 0 Å². The first-order chi connectivity index (χ1) is 15.0. The molecule has 6 nitrogen and oxygen atoms in total. The van der Waals surface area contributed by atoms with Gasteiger partial charge in [-0.3, -0.25) is 0 Å². The number of thioether (sulfide) groups is 1. The van der Waals surface area contributed by atoms with Gasteiger partial charge >= 0.3 is 6.09 Å². The van der Waals surface area contributed by atoms with Crippen LogP contribution in [0.5, 0.6) is 0 Å². The lowest BCUT2D eigenvalue weighted by Gasteiger charge is -2.37. The van der Waals surface area contributed by atoms with E-state index in [2.05, 4.69) is 46.6 Å². The van der Waals surface area contributed by atoms with Crippen molar-refractivity contribution in [3.63, 3.8) is 0 Å². The Hall–Kier alpha value is -1.48. The van der Waals surface area contributed by atoms with Crippen molar-refractivity contribution in [3.8, 4) is 6.07 Å². The molecular formula is C21H26BrF2N3O3SSi. The van der Waals surface area contributed by atoms with Crippen molar-refractivity contribution in [1.82, 2.24) is 4.90 Å². The highest BCUT2D eigenvalue weighted by molar-refractivity contribution is 9.10. The zero-order valence-electron chi connectivity index (χ0n) is 18.2. The molecule has 0 saturated heterocycles. The number of amides is 1. The van der Waals surface area contributed by atoms with E-state index < -0.39 is 42.9 Å². The second-order valence-electron chi connectivity index (χ2n) is 9.39. The summed E-state index contributed by atoms with van der Waals surface area (Å²) in [5, 5.41) is 19.2. The largest absolute Gasteiger partial charge is 0.465 e. The molecule has 1 N–H and O–H groups in total. The van der Waals surface area contributed by atoms with Crippen molar-refractivity contribution >= 4 is 47.0 Å². The Morgan fingerprint density at radius 3 is 2.81 bits per heavy atom. The monoisotopic (exact) mass is 545 g/mol. The lowest BCUT2D eigenvalue weighted by atomic mass is 9.84. The number of aliphatic imine (C=N–C) groups is 1. The fourth-order valence-corrected chi connectivity index (χ4v) is 6.59. The number of nitrogens with zero attached hydrogens (tertiary/aromatic N) is 3. The Morgan fingerprint density at radius 1 is 1.50 bits per heavy atom. The van der Waals surface area contributed by atoms with E-state index >= 15 is 0 Å². The van der Waals surface area contributed by atoms with Crippen molar-refractivity contribution < 1.29 is 23.4 Å². The van der Waals surface area contributed by atoms with E-state index in [0.717, 1.165) is 22.7 Å². The highest BCUT2D eigenvalue weighted by Gasteiger charge is 2.69. The van der Waals surface area contributed by atoms with Crippen LogP contribution in [0.25, 0.3) is 0 Å². The molecule has 11 heteroatoms. The summed E-state index contributed by atoms with van der Waals surface area (Å²) in [6.07, 6.45) is -0.765. The van der Waals surface area contributed by atoms with Gasteiger partial charge in [0.05, 0.1) is 12.5 Å². The molecule has 32 heavy (non-hydrogen) atoms. The van der Waals surface area contributed by atoms with Crippen molar-refractivity contribution in [2.45, 2.75) is 48.8 Å². The number of carbonyl (C=O) groups is 1. The van der Waals surface area contributed by atoms with Crippen molar-refractivity contribution in [1.29, 1.82) is 5.26 Å². The number of carboxylic acid groups (broad SMARTS) is 1. The minimum absolute atomic E-state index is 0.0338. The number of hydrogen-bond donors (Lipinski definition) is 1. The summed E-state index contributed by atoms with van der Waals surface area (Å²) >= 11 is 4.46. The molecule has 0 bridgehead atoms. The summed E-state index contributed by atoms with van der Waals surface area (Å²) in [6, 6.07) is 7.21. The van der Waals surface area contributed by atoms with Crippen LogP contribution in [-0.2, 0) is 10.3 Å². The van der Waals surface area contributed by atoms with Crippen LogP contribution in [-0.4, -0.2) is 54.1 Å². The fraction of sp³-hybridized carbons (Fsp3) is 0.571. The van der Waals surface area contributed by atoms with Gasteiger partial charge in [0.25, 0.3) is 0 Å². The van der Waals surface area contributed by atoms with Crippen molar-refractivity contribution in [2.75, 3.05) is 20.0 Å². The predicted octanol–water partition coefficient (Wildman–Crippen LogP) is 5.82. The number of rotatable bonds is 8. The molecule has 174 valence electrons. The van der Waals surface area contributed by atoms with Gasteiger partial charge in [0, 0.05) is 35.4 Å². The molecule has 3 atom stereocenters. The van der Waals surface area contributed by atoms with Gasteiger partial charge in [-0.15, -0.1) is 0 Å². The van der Waals surface area contributed by atoms with Gasteiger partial charge in [-0.25, -0.2) is 23.5 Å². The maximum atomic E-state index is 14.9. The quantitative estimate of drug-likeness (QED) is 0.252. The van der Waals surface area contributed by atoms with E-state index in [1.165, 1.54) is 18.2 Å². The van der Waals surface area contributed by atoms with Gasteiger partial charge in [-0.05, 0) is 30.7 Å². The van der Waals surface area contributed by atoms with E-state index in [9.17, 15) is 23.9 Å². The second-order valence-corrected chi connectivity index (χ2v) is 17.3. The molecule has 2 aliphatic rings. The van der Waals surface area contributed by atoms with Gasteiger partial charge in [0.1, 0.15) is 24.8 Å². The SMILES string of the molecule is C[Si](C)(C)CCOCN(C(=O)O)C1=N[C@](CF)(c2cc(Br)ccc2F)[C@@H]2C[C@]2(CC#N)S1. The van der Waals surface area contributed by atoms with Gasteiger partial charge in [0.2, 0.25) is 0 Å². The highest BCUT2D eigenvalue weighted by Crippen LogP contribution is 2.68. The molecule has 0 unspecified atom stereocenters. The van der Waals surface area contributed by atoms with Crippen LogP contribution < -0.4 is 0 Å². The summed E-state index contributed by atoms with van der Waals surface area (Å²) in [4.78, 5) is 17.5. The molecule has 0 radical (unpaired) electrons. The molecule has 0 aromatic heterocycles. The van der Waals surface area contributed by atoms with Crippen molar-refractivity contribution in [2.24, 2.45) is 10.9 Å². The van der Waals surface area contributed by atoms with Gasteiger partial charge in [-0.2, -0.15) is 5.26 Å². The minimum Gasteiger partial charge on any atom is -0.465 e. The lowest BCUT2D eigenvalue weighted by molar-refractivity contribution is 0.0699. The molecule has 1 aliphatic heterocycles. The molecule has 1 amide bonds. The summed E-state index contributed by atoms with van der Waals surface area (Å²) in [6.45, 7) is 5.70. The zero-order valence-corrected chi connectivity index (χ0v) is 21.6. The number of hydrogen-bond acceptors (Lipinski definition) is 5. The molecule has 1 aromatic rings. The average molecular weight is 547 g/mol. The number of amidine groups is 1. The molecule has 1 aliphatic carbocycles. The molecule has 1 fully saturated rings. The van der Waals surface area contributed by atoms with Gasteiger partial charge in [0.15, 0.2) is 5.17 Å². The van der Waals surface area contributed by atoms with Gasteiger partial charge in [-0.1, -0.05) is 47.3 Å². The Morgan fingerprint density at radius 2 is 2.22 bits per heavy atom. The van der Waals surface area contributed by atoms with Crippen molar-refractivity contribution in [3.05, 3.63) is 34.1 Å². The molecular weight excluding hydrogens is 520 g/mol.